The molecule has 3 heteroatoms. The first-order valence-corrected chi connectivity index (χ1v) is 4.18. The maximum absolute atomic E-state index is 10.00. The van der Waals surface area contributed by atoms with Crippen molar-refractivity contribution in [3.05, 3.63) is 0 Å². The van der Waals surface area contributed by atoms with Crippen LogP contribution in [0.25, 0.3) is 0 Å². The number of hydrogen-bond donors (Lipinski definition) is 1. The van der Waals surface area contributed by atoms with E-state index >= 15 is 0 Å². The van der Waals surface area contributed by atoms with Gasteiger partial charge in [-0.15, -0.1) is 0 Å². The van der Waals surface area contributed by atoms with Crippen molar-refractivity contribution in [3.63, 3.8) is 0 Å². The summed E-state index contributed by atoms with van der Waals surface area (Å²) in [4.78, 5) is 10.00. The topological polar surface area (TPSA) is 38.3 Å². The number of amides is 1. The Morgan fingerprint density at radius 2 is 2.18 bits per heavy atom. The molecule has 1 unspecified atom stereocenters. The Kier molecular flexibility index (Phi) is 3.36. The van der Waals surface area contributed by atoms with E-state index in [1.807, 2.05) is 6.92 Å². The lowest BCUT2D eigenvalue weighted by atomic mass is 10.3. The minimum absolute atomic E-state index is 0.129. The molecule has 0 heterocycles. The fraction of sp³-hybridized carbons (Fsp3) is 0.875. The van der Waals surface area contributed by atoms with Gasteiger partial charge in [0.05, 0.1) is 6.10 Å². The standard InChI is InChI=1S/C8H15NO2/c1-7(9-6-10)11-8-4-2-3-5-8/h6-8H,2-5H2,1H3,(H,9,10). The highest BCUT2D eigenvalue weighted by atomic mass is 16.5. The molecule has 3 nitrogen and oxygen atoms in total. The summed E-state index contributed by atoms with van der Waals surface area (Å²) in [6, 6.07) is 0. The molecule has 1 saturated carbocycles. The van der Waals surface area contributed by atoms with E-state index in [0.29, 0.717) is 12.5 Å². The third kappa shape index (κ3) is 2.89. The van der Waals surface area contributed by atoms with Crippen LogP contribution in [0.15, 0.2) is 0 Å². The summed E-state index contributed by atoms with van der Waals surface area (Å²) in [5.74, 6) is 0. The van der Waals surface area contributed by atoms with Crippen molar-refractivity contribution in [1.29, 1.82) is 0 Å². The molecule has 1 atom stereocenters. The first-order valence-electron chi connectivity index (χ1n) is 4.18. The Morgan fingerprint density at radius 1 is 1.55 bits per heavy atom. The lowest BCUT2D eigenvalue weighted by molar-refractivity contribution is -0.114. The van der Waals surface area contributed by atoms with Crippen molar-refractivity contribution in [1.82, 2.24) is 5.32 Å². The van der Waals surface area contributed by atoms with Crippen LogP contribution in [0.1, 0.15) is 32.6 Å². The molecule has 0 aromatic rings. The molecule has 0 aromatic heterocycles. The molecule has 1 aliphatic carbocycles. The van der Waals surface area contributed by atoms with Crippen LogP contribution < -0.4 is 5.32 Å². The first kappa shape index (κ1) is 8.53. The summed E-state index contributed by atoms with van der Waals surface area (Å²) in [7, 11) is 0. The second kappa shape index (κ2) is 4.34. The van der Waals surface area contributed by atoms with Crippen LogP contribution in [-0.2, 0) is 9.53 Å². The molecule has 1 N–H and O–H groups in total. The largest absolute Gasteiger partial charge is 0.356 e. The fourth-order valence-electron chi connectivity index (χ4n) is 1.45. The summed E-state index contributed by atoms with van der Waals surface area (Å²) in [5.41, 5.74) is 0. The van der Waals surface area contributed by atoms with Gasteiger partial charge in [0.1, 0.15) is 6.23 Å². The van der Waals surface area contributed by atoms with Crippen molar-refractivity contribution in [2.24, 2.45) is 0 Å². The quantitative estimate of drug-likeness (QED) is 0.489. The molecule has 0 aliphatic heterocycles. The molecule has 0 spiro atoms. The number of ether oxygens (including phenoxy) is 1. The molecule has 1 rings (SSSR count). The van der Waals surface area contributed by atoms with E-state index in [-0.39, 0.29) is 6.23 Å². The van der Waals surface area contributed by atoms with Gasteiger partial charge in [0.25, 0.3) is 0 Å². The number of carbonyl (C=O) groups excluding carboxylic acids is 1. The zero-order valence-corrected chi connectivity index (χ0v) is 6.88. The summed E-state index contributed by atoms with van der Waals surface area (Å²) in [6.07, 6.45) is 5.74. The van der Waals surface area contributed by atoms with Crippen LogP contribution in [0.4, 0.5) is 0 Å². The smallest absolute Gasteiger partial charge is 0.209 e. The number of hydrogen-bond acceptors (Lipinski definition) is 2. The zero-order chi connectivity index (χ0) is 8.10. The van der Waals surface area contributed by atoms with Gasteiger partial charge in [-0.1, -0.05) is 12.8 Å². The van der Waals surface area contributed by atoms with Gasteiger partial charge in [-0.3, -0.25) is 4.79 Å². The Morgan fingerprint density at radius 3 is 2.73 bits per heavy atom. The van der Waals surface area contributed by atoms with E-state index in [1.54, 1.807) is 0 Å². The maximum Gasteiger partial charge on any atom is 0.209 e. The maximum atomic E-state index is 10.00. The van der Waals surface area contributed by atoms with Crippen LogP contribution in [0.2, 0.25) is 0 Å². The van der Waals surface area contributed by atoms with Crippen LogP contribution in [0.3, 0.4) is 0 Å². The van der Waals surface area contributed by atoms with Crippen molar-refractivity contribution in [2.45, 2.75) is 44.9 Å². The Balaban J connectivity index is 2.12. The van der Waals surface area contributed by atoms with Gasteiger partial charge < -0.3 is 10.1 Å². The summed E-state index contributed by atoms with van der Waals surface area (Å²) >= 11 is 0. The van der Waals surface area contributed by atoms with Gasteiger partial charge in [-0.25, -0.2) is 0 Å². The molecule has 11 heavy (non-hydrogen) atoms. The first-order chi connectivity index (χ1) is 5.33. The molecule has 1 amide bonds. The highest BCUT2D eigenvalue weighted by Crippen LogP contribution is 2.21. The van der Waals surface area contributed by atoms with Gasteiger partial charge in [-0.2, -0.15) is 0 Å². The Labute approximate surface area is 67.1 Å². The Hall–Kier alpha value is -0.570. The van der Waals surface area contributed by atoms with Crippen molar-refractivity contribution >= 4 is 6.41 Å². The van der Waals surface area contributed by atoms with Crippen molar-refractivity contribution < 1.29 is 9.53 Å². The van der Waals surface area contributed by atoms with Crippen molar-refractivity contribution in [3.8, 4) is 0 Å². The third-order valence-electron chi connectivity index (χ3n) is 2.00. The molecule has 1 aliphatic rings. The van der Waals surface area contributed by atoms with Gasteiger partial charge in [-0.05, 0) is 19.8 Å². The molecular formula is C8H15NO2. The molecule has 0 bridgehead atoms. The van der Waals surface area contributed by atoms with E-state index in [4.69, 9.17) is 4.74 Å². The fourth-order valence-corrected chi connectivity index (χ4v) is 1.45. The van der Waals surface area contributed by atoms with E-state index in [9.17, 15) is 4.79 Å². The second-order valence-electron chi connectivity index (χ2n) is 2.97. The molecule has 0 aromatic carbocycles. The van der Waals surface area contributed by atoms with Crippen LogP contribution in [0, 0.1) is 0 Å². The predicted molar refractivity (Wildman–Crippen MR) is 42.0 cm³/mol. The monoisotopic (exact) mass is 157 g/mol. The molecule has 1 fully saturated rings. The van der Waals surface area contributed by atoms with Crippen LogP contribution in [0.5, 0.6) is 0 Å². The van der Waals surface area contributed by atoms with Crippen LogP contribution >= 0.6 is 0 Å². The molecule has 0 radical (unpaired) electrons. The van der Waals surface area contributed by atoms with E-state index < -0.39 is 0 Å². The second-order valence-corrected chi connectivity index (χ2v) is 2.97. The minimum Gasteiger partial charge on any atom is -0.356 e. The van der Waals surface area contributed by atoms with E-state index in [1.165, 1.54) is 12.8 Å². The third-order valence-corrected chi connectivity index (χ3v) is 2.00. The SMILES string of the molecule is CC(NC=O)OC1CCCC1. The zero-order valence-electron chi connectivity index (χ0n) is 6.88. The molecule has 64 valence electrons. The average Bonchev–Trinajstić information content (AvgIpc) is 2.40. The lowest BCUT2D eigenvalue weighted by Crippen LogP contribution is -2.30. The van der Waals surface area contributed by atoms with Gasteiger partial charge in [0.2, 0.25) is 6.41 Å². The Bertz CT molecular complexity index is 121. The van der Waals surface area contributed by atoms with Gasteiger partial charge in [0.15, 0.2) is 0 Å². The van der Waals surface area contributed by atoms with E-state index in [0.717, 1.165) is 12.8 Å². The normalized spacial score (nSPS) is 21.5. The average molecular weight is 157 g/mol. The highest BCUT2D eigenvalue weighted by molar-refractivity contribution is 5.46. The summed E-state index contributed by atoms with van der Waals surface area (Å²) in [5, 5.41) is 2.57. The highest BCUT2D eigenvalue weighted by Gasteiger charge is 2.17. The van der Waals surface area contributed by atoms with E-state index in [2.05, 4.69) is 5.32 Å². The summed E-state index contributed by atoms with van der Waals surface area (Å²) < 4.78 is 5.51. The minimum atomic E-state index is -0.129. The predicted octanol–water partition coefficient (Wildman–Crippen LogP) is 1.04. The number of carbonyl (C=O) groups is 1. The molecule has 0 saturated heterocycles. The van der Waals surface area contributed by atoms with Crippen LogP contribution in [-0.4, -0.2) is 18.7 Å². The summed E-state index contributed by atoms with van der Waals surface area (Å²) in [6.45, 7) is 1.85. The van der Waals surface area contributed by atoms with Gasteiger partial charge in [0, 0.05) is 0 Å². The molecular weight excluding hydrogens is 142 g/mol. The van der Waals surface area contributed by atoms with Gasteiger partial charge >= 0.3 is 0 Å². The number of nitrogens with one attached hydrogen (secondary N) is 1. The van der Waals surface area contributed by atoms with Crippen molar-refractivity contribution in [2.75, 3.05) is 0 Å². The number of rotatable bonds is 4. The lowest BCUT2D eigenvalue weighted by Gasteiger charge is -2.16.